The summed E-state index contributed by atoms with van der Waals surface area (Å²) in [6, 6.07) is 14.0. The average molecular weight is 388 g/mol. The zero-order valence-corrected chi connectivity index (χ0v) is 16.0. The number of nitrogens with zero attached hydrogens (tertiary/aromatic N) is 1. The van der Waals surface area contributed by atoms with E-state index in [-0.39, 0.29) is 10.8 Å². The lowest BCUT2D eigenvalue weighted by molar-refractivity contribution is 0.380. The van der Waals surface area contributed by atoms with E-state index in [0.717, 1.165) is 5.56 Å². The second-order valence-electron chi connectivity index (χ2n) is 6.07. The summed E-state index contributed by atoms with van der Waals surface area (Å²) in [5.74, 6) is 0.437. The highest BCUT2D eigenvalue weighted by Crippen LogP contribution is 2.41. The number of sulfone groups is 1. The third kappa shape index (κ3) is 3.45. The molecule has 0 bridgehead atoms. The Morgan fingerprint density at radius 2 is 1.81 bits per heavy atom. The van der Waals surface area contributed by atoms with E-state index in [2.05, 4.69) is 11.7 Å². The minimum absolute atomic E-state index is 0.133. The van der Waals surface area contributed by atoms with Crippen LogP contribution in [0.4, 0.5) is 0 Å². The minimum Gasteiger partial charge on any atom is -0.359 e. The van der Waals surface area contributed by atoms with Gasteiger partial charge in [-0.3, -0.25) is 0 Å². The molecule has 1 atom stereocenters. The Kier molecular flexibility index (Phi) is 5.03. The van der Waals surface area contributed by atoms with Crippen molar-refractivity contribution in [1.29, 1.82) is 0 Å². The van der Waals surface area contributed by atoms with Crippen molar-refractivity contribution < 1.29 is 12.9 Å². The average Bonchev–Trinajstić information content (AvgIpc) is 3.06. The Labute approximate surface area is 158 Å². The molecule has 3 rings (SSSR count). The molecular formula is C20H18ClNO3S. The van der Waals surface area contributed by atoms with Crippen molar-refractivity contribution in [3.63, 3.8) is 0 Å². The van der Waals surface area contributed by atoms with Gasteiger partial charge in [0.1, 0.15) is 5.69 Å². The van der Waals surface area contributed by atoms with Gasteiger partial charge in [-0.2, -0.15) is 0 Å². The van der Waals surface area contributed by atoms with Crippen LogP contribution in [-0.4, -0.2) is 19.8 Å². The van der Waals surface area contributed by atoms with E-state index in [4.69, 9.17) is 16.1 Å². The number of halogens is 1. The molecule has 1 heterocycles. The molecule has 1 unspecified atom stereocenters. The number of aromatic nitrogens is 1. The van der Waals surface area contributed by atoms with E-state index in [9.17, 15) is 8.42 Å². The van der Waals surface area contributed by atoms with Crippen molar-refractivity contribution in [3.05, 3.63) is 72.0 Å². The minimum atomic E-state index is -3.43. The molecule has 1 aromatic heterocycles. The van der Waals surface area contributed by atoms with E-state index in [1.807, 2.05) is 19.1 Å². The Hall–Kier alpha value is -2.37. The van der Waals surface area contributed by atoms with Gasteiger partial charge in [0.25, 0.3) is 0 Å². The summed E-state index contributed by atoms with van der Waals surface area (Å²) in [6.45, 7) is 5.74. The summed E-state index contributed by atoms with van der Waals surface area (Å²) >= 11 is 5.98. The third-order valence-electron chi connectivity index (χ3n) is 4.16. The molecule has 0 fully saturated rings. The van der Waals surface area contributed by atoms with Gasteiger partial charge in [0, 0.05) is 28.3 Å². The number of rotatable bonds is 5. The molecule has 2 aromatic carbocycles. The topological polar surface area (TPSA) is 60.2 Å². The number of hydrogen-bond donors (Lipinski definition) is 0. The molecule has 4 nitrogen and oxygen atoms in total. The van der Waals surface area contributed by atoms with Crippen molar-refractivity contribution in [3.8, 4) is 22.4 Å². The lowest BCUT2D eigenvalue weighted by Gasteiger charge is -2.11. The van der Waals surface area contributed by atoms with Crippen LogP contribution in [0.3, 0.4) is 0 Å². The maximum atomic E-state index is 12.3. The zero-order valence-electron chi connectivity index (χ0n) is 14.4. The summed E-state index contributed by atoms with van der Waals surface area (Å²) in [7, 11) is -3.43. The molecule has 0 saturated carbocycles. The standard InChI is InChI=1S/C20H18ClNO3S/c1-4-13(2)20-18(16-7-5-6-8-17(16)26(3,23)24)19(22-25-20)14-9-11-15(21)12-10-14/h4-13H,1H2,2-3H3. The normalized spacial score (nSPS) is 12.7. The zero-order chi connectivity index (χ0) is 18.9. The Bertz CT molecular complexity index is 1050. The fourth-order valence-electron chi connectivity index (χ4n) is 2.78. The Morgan fingerprint density at radius 3 is 2.42 bits per heavy atom. The highest BCUT2D eigenvalue weighted by Gasteiger charge is 2.26. The van der Waals surface area contributed by atoms with Gasteiger partial charge in [-0.05, 0) is 18.2 Å². The summed E-state index contributed by atoms with van der Waals surface area (Å²) < 4.78 is 30.2. The first-order valence-corrected chi connectivity index (χ1v) is 10.3. The van der Waals surface area contributed by atoms with Crippen LogP contribution in [0, 0.1) is 0 Å². The number of hydrogen-bond acceptors (Lipinski definition) is 4. The van der Waals surface area contributed by atoms with Gasteiger partial charge in [-0.25, -0.2) is 8.42 Å². The first-order chi connectivity index (χ1) is 12.3. The van der Waals surface area contributed by atoms with Crippen LogP contribution in [0.5, 0.6) is 0 Å². The van der Waals surface area contributed by atoms with E-state index in [0.29, 0.717) is 27.6 Å². The lowest BCUT2D eigenvalue weighted by Crippen LogP contribution is -2.01. The summed E-state index contributed by atoms with van der Waals surface area (Å²) in [5, 5.41) is 4.83. The highest BCUT2D eigenvalue weighted by atomic mass is 35.5. The van der Waals surface area contributed by atoms with E-state index >= 15 is 0 Å². The van der Waals surface area contributed by atoms with Crippen molar-refractivity contribution in [2.24, 2.45) is 0 Å². The summed E-state index contributed by atoms with van der Waals surface area (Å²) in [6.07, 6.45) is 2.93. The molecule has 0 spiro atoms. The van der Waals surface area contributed by atoms with Crippen molar-refractivity contribution in [2.75, 3.05) is 6.26 Å². The van der Waals surface area contributed by atoms with Crippen LogP contribution in [0.25, 0.3) is 22.4 Å². The number of benzene rings is 2. The van der Waals surface area contributed by atoms with Crippen LogP contribution in [0.15, 0.2) is 70.6 Å². The van der Waals surface area contributed by atoms with Gasteiger partial charge in [0.05, 0.1) is 10.5 Å². The lowest BCUT2D eigenvalue weighted by atomic mass is 9.94. The number of allylic oxidation sites excluding steroid dienone is 1. The monoisotopic (exact) mass is 387 g/mol. The van der Waals surface area contributed by atoms with Crippen LogP contribution < -0.4 is 0 Å². The Morgan fingerprint density at radius 1 is 1.15 bits per heavy atom. The smallest absolute Gasteiger partial charge is 0.176 e. The fourth-order valence-corrected chi connectivity index (χ4v) is 3.80. The SMILES string of the molecule is C=CC(C)c1onc(-c2ccc(Cl)cc2)c1-c1ccccc1S(C)(=O)=O. The first kappa shape index (κ1) is 18.4. The maximum Gasteiger partial charge on any atom is 0.176 e. The fraction of sp³-hybridized carbons (Fsp3) is 0.150. The molecule has 26 heavy (non-hydrogen) atoms. The molecule has 0 amide bonds. The van der Waals surface area contributed by atoms with Crippen LogP contribution >= 0.6 is 11.6 Å². The Balaban J connectivity index is 2.34. The van der Waals surface area contributed by atoms with Gasteiger partial charge >= 0.3 is 0 Å². The van der Waals surface area contributed by atoms with Crippen molar-refractivity contribution in [2.45, 2.75) is 17.7 Å². The molecule has 6 heteroatoms. The molecule has 0 aliphatic carbocycles. The quantitative estimate of drug-likeness (QED) is 0.553. The molecule has 0 saturated heterocycles. The van der Waals surface area contributed by atoms with Crippen molar-refractivity contribution >= 4 is 21.4 Å². The maximum absolute atomic E-state index is 12.3. The predicted molar refractivity (Wildman–Crippen MR) is 104 cm³/mol. The molecule has 0 radical (unpaired) electrons. The highest BCUT2D eigenvalue weighted by molar-refractivity contribution is 7.90. The van der Waals surface area contributed by atoms with E-state index in [1.165, 1.54) is 6.26 Å². The van der Waals surface area contributed by atoms with Gasteiger partial charge in [-0.1, -0.05) is 60.1 Å². The molecule has 134 valence electrons. The van der Waals surface area contributed by atoms with E-state index < -0.39 is 9.84 Å². The molecule has 0 N–H and O–H groups in total. The second-order valence-corrected chi connectivity index (χ2v) is 8.49. The van der Waals surface area contributed by atoms with Crippen molar-refractivity contribution in [1.82, 2.24) is 5.16 Å². The van der Waals surface area contributed by atoms with Gasteiger partial charge in [-0.15, -0.1) is 6.58 Å². The summed E-state index contributed by atoms with van der Waals surface area (Å²) in [4.78, 5) is 0.232. The second kappa shape index (κ2) is 7.09. The molecule has 0 aliphatic rings. The molecule has 0 aliphatic heterocycles. The largest absolute Gasteiger partial charge is 0.359 e. The third-order valence-corrected chi connectivity index (χ3v) is 5.57. The van der Waals surface area contributed by atoms with E-state index in [1.54, 1.807) is 42.5 Å². The van der Waals surface area contributed by atoms with Gasteiger partial charge in [0.2, 0.25) is 0 Å². The predicted octanol–water partition coefficient (Wildman–Crippen LogP) is 5.36. The van der Waals surface area contributed by atoms with Crippen LogP contribution in [0.2, 0.25) is 5.02 Å². The molecule has 3 aromatic rings. The van der Waals surface area contributed by atoms with Crippen LogP contribution in [0.1, 0.15) is 18.6 Å². The summed E-state index contributed by atoms with van der Waals surface area (Å²) in [5.41, 5.74) is 2.58. The van der Waals surface area contributed by atoms with Gasteiger partial charge in [0.15, 0.2) is 15.6 Å². The van der Waals surface area contributed by atoms with Crippen LogP contribution in [-0.2, 0) is 9.84 Å². The first-order valence-electron chi connectivity index (χ1n) is 8.00. The molecular weight excluding hydrogens is 370 g/mol. The van der Waals surface area contributed by atoms with Gasteiger partial charge < -0.3 is 4.52 Å².